The smallest absolute Gasteiger partial charge is 0.308 e. The molecular formula is C12H17N3O3. The van der Waals surface area contributed by atoms with Crippen LogP contribution in [0.1, 0.15) is 18.5 Å². The molecule has 1 atom stereocenters. The van der Waals surface area contributed by atoms with Crippen LogP contribution in [-0.2, 0) is 11.8 Å². The Bertz CT molecular complexity index is 524. The van der Waals surface area contributed by atoms with Crippen LogP contribution in [0.3, 0.4) is 0 Å². The highest BCUT2D eigenvalue weighted by molar-refractivity contribution is 5.71. The van der Waals surface area contributed by atoms with Crippen LogP contribution >= 0.6 is 0 Å². The fraction of sp³-hybridized carbons (Fsp3) is 0.583. The second-order valence-electron chi connectivity index (χ2n) is 4.72. The fourth-order valence-corrected chi connectivity index (χ4v) is 2.28. The van der Waals surface area contributed by atoms with E-state index in [1.807, 2.05) is 4.90 Å². The summed E-state index contributed by atoms with van der Waals surface area (Å²) in [4.78, 5) is 29.0. The first kappa shape index (κ1) is 12.6. The lowest BCUT2D eigenvalue weighted by molar-refractivity contribution is -0.141. The molecule has 0 saturated carbocycles. The molecule has 1 fully saturated rings. The molecule has 6 nitrogen and oxygen atoms in total. The molecule has 2 rings (SSSR count). The number of carbonyl (C=O) groups is 1. The van der Waals surface area contributed by atoms with Crippen molar-refractivity contribution in [2.75, 3.05) is 18.0 Å². The van der Waals surface area contributed by atoms with Gasteiger partial charge in [0.25, 0.3) is 5.56 Å². The van der Waals surface area contributed by atoms with Gasteiger partial charge in [-0.2, -0.15) is 0 Å². The summed E-state index contributed by atoms with van der Waals surface area (Å²) >= 11 is 0. The van der Waals surface area contributed by atoms with E-state index in [2.05, 4.69) is 4.98 Å². The van der Waals surface area contributed by atoms with Gasteiger partial charge in [-0.3, -0.25) is 14.2 Å². The van der Waals surface area contributed by atoms with Crippen molar-refractivity contribution in [1.29, 1.82) is 0 Å². The van der Waals surface area contributed by atoms with Crippen LogP contribution in [0.5, 0.6) is 0 Å². The third-order valence-corrected chi connectivity index (χ3v) is 3.29. The lowest BCUT2D eigenvalue weighted by Gasteiger charge is -2.32. The molecule has 6 heteroatoms. The quantitative estimate of drug-likeness (QED) is 0.823. The van der Waals surface area contributed by atoms with Crippen molar-refractivity contribution in [3.63, 3.8) is 0 Å². The van der Waals surface area contributed by atoms with Crippen molar-refractivity contribution >= 4 is 11.9 Å². The molecule has 1 N–H and O–H groups in total. The lowest BCUT2D eigenvalue weighted by atomic mass is 9.99. The Morgan fingerprint density at radius 3 is 2.94 bits per heavy atom. The minimum Gasteiger partial charge on any atom is -0.481 e. The number of aryl methyl sites for hydroxylation is 1. The Balaban J connectivity index is 2.31. The second kappa shape index (κ2) is 4.80. The largest absolute Gasteiger partial charge is 0.481 e. The van der Waals surface area contributed by atoms with Crippen molar-refractivity contribution in [2.24, 2.45) is 13.0 Å². The van der Waals surface area contributed by atoms with E-state index in [1.54, 1.807) is 14.0 Å². The molecule has 0 bridgehead atoms. The van der Waals surface area contributed by atoms with Gasteiger partial charge in [-0.1, -0.05) is 0 Å². The normalized spacial score (nSPS) is 19.9. The maximum atomic E-state index is 11.7. The van der Waals surface area contributed by atoms with Gasteiger partial charge in [-0.25, -0.2) is 4.98 Å². The number of hydrogen-bond acceptors (Lipinski definition) is 4. The van der Waals surface area contributed by atoms with Gasteiger partial charge >= 0.3 is 5.97 Å². The molecule has 1 aliphatic heterocycles. The second-order valence-corrected chi connectivity index (χ2v) is 4.72. The van der Waals surface area contributed by atoms with Crippen molar-refractivity contribution in [3.8, 4) is 0 Å². The highest BCUT2D eigenvalue weighted by atomic mass is 16.4. The standard InChI is InChI=1S/C12H17N3O3/c1-8-6-10(16)14(2)12(13-8)15-5-3-4-9(7-15)11(17)18/h6,9H,3-5,7H2,1-2H3,(H,17,18)/t9-/m1/s1. The summed E-state index contributed by atoms with van der Waals surface area (Å²) in [6, 6.07) is 1.47. The summed E-state index contributed by atoms with van der Waals surface area (Å²) in [5.74, 6) is -0.598. The Labute approximate surface area is 105 Å². The number of nitrogens with zero attached hydrogens (tertiary/aromatic N) is 3. The van der Waals surface area contributed by atoms with Gasteiger partial charge in [0.15, 0.2) is 0 Å². The van der Waals surface area contributed by atoms with E-state index in [0.717, 1.165) is 13.0 Å². The molecule has 0 spiro atoms. The van der Waals surface area contributed by atoms with Crippen LogP contribution in [0.2, 0.25) is 0 Å². The molecule has 98 valence electrons. The highest BCUT2D eigenvalue weighted by Gasteiger charge is 2.27. The Hall–Kier alpha value is -1.85. The molecule has 1 aromatic rings. The molecule has 2 heterocycles. The van der Waals surface area contributed by atoms with Crippen molar-refractivity contribution in [1.82, 2.24) is 9.55 Å². The Morgan fingerprint density at radius 1 is 1.56 bits per heavy atom. The van der Waals surface area contributed by atoms with E-state index in [-0.39, 0.29) is 11.5 Å². The van der Waals surface area contributed by atoms with Gasteiger partial charge in [-0.05, 0) is 19.8 Å². The summed E-state index contributed by atoms with van der Waals surface area (Å²) in [7, 11) is 1.66. The minimum absolute atomic E-state index is 0.116. The Morgan fingerprint density at radius 2 is 2.28 bits per heavy atom. The van der Waals surface area contributed by atoms with E-state index >= 15 is 0 Å². The number of hydrogen-bond donors (Lipinski definition) is 1. The number of carboxylic acids is 1. The molecule has 0 aliphatic carbocycles. The van der Waals surface area contributed by atoms with Crippen LogP contribution < -0.4 is 10.5 Å². The summed E-state index contributed by atoms with van der Waals surface area (Å²) in [5.41, 5.74) is 0.542. The zero-order chi connectivity index (χ0) is 13.3. The zero-order valence-electron chi connectivity index (χ0n) is 10.6. The molecule has 1 aliphatic rings. The van der Waals surface area contributed by atoms with Gasteiger partial charge in [0.05, 0.1) is 5.92 Å². The average molecular weight is 251 g/mol. The molecule has 0 amide bonds. The van der Waals surface area contributed by atoms with Crippen molar-refractivity contribution < 1.29 is 9.90 Å². The summed E-state index contributed by atoms with van der Waals surface area (Å²) in [5, 5.41) is 9.07. The maximum Gasteiger partial charge on any atom is 0.308 e. The monoisotopic (exact) mass is 251 g/mol. The van der Waals surface area contributed by atoms with Crippen molar-refractivity contribution in [3.05, 3.63) is 22.1 Å². The van der Waals surface area contributed by atoms with E-state index in [9.17, 15) is 9.59 Å². The maximum absolute atomic E-state index is 11.7. The van der Waals surface area contributed by atoms with Gasteiger partial charge in [0, 0.05) is 31.9 Å². The molecule has 1 aromatic heterocycles. The number of aliphatic carboxylic acids is 1. The molecule has 1 saturated heterocycles. The molecule has 0 aromatic carbocycles. The summed E-state index contributed by atoms with van der Waals surface area (Å²) in [6.45, 7) is 2.93. The van der Waals surface area contributed by atoms with Gasteiger partial charge in [0.1, 0.15) is 0 Å². The lowest BCUT2D eigenvalue weighted by Crippen LogP contribution is -2.41. The van der Waals surface area contributed by atoms with E-state index < -0.39 is 5.97 Å². The third kappa shape index (κ3) is 2.37. The minimum atomic E-state index is -0.780. The predicted octanol–water partition coefficient (Wildman–Crippen LogP) is 0.390. The van der Waals surface area contributed by atoms with E-state index in [0.29, 0.717) is 24.6 Å². The summed E-state index contributed by atoms with van der Waals surface area (Å²) < 4.78 is 1.47. The molecule has 18 heavy (non-hydrogen) atoms. The first-order chi connectivity index (χ1) is 8.49. The zero-order valence-corrected chi connectivity index (χ0v) is 10.6. The highest BCUT2D eigenvalue weighted by Crippen LogP contribution is 2.20. The number of piperidine rings is 1. The van der Waals surface area contributed by atoms with Crippen LogP contribution in [0.4, 0.5) is 5.95 Å². The molecular weight excluding hydrogens is 234 g/mol. The number of anilines is 1. The van der Waals surface area contributed by atoms with E-state index in [4.69, 9.17) is 5.11 Å². The first-order valence-corrected chi connectivity index (χ1v) is 6.01. The third-order valence-electron chi connectivity index (χ3n) is 3.29. The van der Waals surface area contributed by atoms with Crippen LogP contribution in [0.15, 0.2) is 10.9 Å². The van der Waals surface area contributed by atoms with Gasteiger partial charge in [-0.15, -0.1) is 0 Å². The SMILES string of the molecule is Cc1cc(=O)n(C)c(N2CCC[C@@H](C(=O)O)C2)n1. The van der Waals surface area contributed by atoms with Crippen LogP contribution in [-0.4, -0.2) is 33.7 Å². The molecule has 0 radical (unpaired) electrons. The van der Waals surface area contributed by atoms with Crippen LogP contribution in [0, 0.1) is 12.8 Å². The number of aromatic nitrogens is 2. The first-order valence-electron chi connectivity index (χ1n) is 6.01. The Kier molecular flexibility index (Phi) is 3.36. The summed E-state index contributed by atoms with van der Waals surface area (Å²) in [6.07, 6.45) is 1.49. The van der Waals surface area contributed by atoms with Gasteiger partial charge < -0.3 is 10.0 Å². The topological polar surface area (TPSA) is 75.4 Å². The fourth-order valence-electron chi connectivity index (χ4n) is 2.28. The predicted molar refractivity (Wildman–Crippen MR) is 66.8 cm³/mol. The van der Waals surface area contributed by atoms with E-state index in [1.165, 1.54) is 10.6 Å². The molecule has 0 unspecified atom stereocenters. The number of carboxylic acid groups (broad SMARTS) is 1. The average Bonchev–Trinajstić information content (AvgIpc) is 2.34. The van der Waals surface area contributed by atoms with Gasteiger partial charge in [0.2, 0.25) is 5.95 Å². The van der Waals surface area contributed by atoms with Crippen LogP contribution in [0.25, 0.3) is 0 Å². The van der Waals surface area contributed by atoms with Crippen molar-refractivity contribution in [2.45, 2.75) is 19.8 Å². The number of rotatable bonds is 2.